The van der Waals surface area contributed by atoms with Gasteiger partial charge in [0.05, 0.1) is 19.2 Å². The minimum Gasteiger partial charge on any atom is -0.497 e. The number of amides is 3. The molecule has 0 bridgehead atoms. The minimum absolute atomic E-state index is 0.0929. The highest BCUT2D eigenvalue weighted by Gasteiger charge is 2.21. The molecule has 8 nitrogen and oxygen atoms in total. The molecule has 0 aliphatic rings. The van der Waals surface area contributed by atoms with Gasteiger partial charge in [0.1, 0.15) is 12.3 Å². The first-order valence-corrected chi connectivity index (χ1v) is 12.2. The SMILES string of the molecule is COc1ccc(C(=O)N(CC(=O)Nc2nc(CC(=O)Nc3ccc(C)cc3)cs2)CC(C)C)cc1. The van der Waals surface area contributed by atoms with Crippen molar-refractivity contribution >= 4 is 39.9 Å². The molecule has 2 aromatic carbocycles. The molecule has 3 rings (SSSR count). The first kappa shape index (κ1) is 25.9. The predicted octanol–water partition coefficient (Wildman–Crippen LogP) is 4.38. The lowest BCUT2D eigenvalue weighted by atomic mass is 10.1. The molecule has 184 valence electrons. The second-order valence-electron chi connectivity index (χ2n) is 8.59. The number of aromatic nitrogens is 1. The van der Waals surface area contributed by atoms with Crippen LogP contribution in [0.25, 0.3) is 0 Å². The van der Waals surface area contributed by atoms with E-state index >= 15 is 0 Å². The lowest BCUT2D eigenvalue weighted by molar-refractivity contribution is -0.117. The third-order valence-corrected chi connectivity index (χ3v) is 5.83. The van der Waals surface area contributed by atoms with Crippen LogP contribution in [0.5, 0.6) is 5.75 Å². The Morgan fingerprint density at radius 3 is 2.31 bits per heavy atom. The van der Waals surface area contributed by atoms with Crippen LogP contribution < -0.4 is 15.4 Å². The van der Waals surface area contributed by atoms with Gasteiger partial charge in [-0.15, -0.1) is 11.3 Å². The molecule has 0 atom stereocenters. The van der Waals surface area contributed by atoms with Crippen molar-refractivity contribution in [2.45, 2.75) is 27.2 Å². The van der Waals surface area contributed by atoms with Crippen molar-refractivity contribution < 1.29 is 19.1 Å². The predicted molar refractivity (Wildman–Crippen MR) is 138 cm³/mol. The van der Waals surface area contributed by atoms with Gasteiger partial charge < -0.3 is 20.3 Å². The number of carbonyl (C=O) groups excluding carboxylic acids is 3. The highest BCUT2D eigenvalue weighted by molar-refractivity contribution is 7.13. The van der Waals surface area contributed by atoms with Crippen molar-refractivity contribution in [1.82, 2.24) is 9.88 Å². The molecular weight excluding hydrogens is 464 g/mol. The zero-order valence-corrected chi connectivity index (χ0v) is 21.1. The summed E-state index contributed by atoms with van der Waals surface area (Å²) in [6.07, 6.45) is 0.0929. The van der Waals surface area contributed by atoms with Crippen LogP contribution >= 0.6 is 11.3 Å². The summed E-state index contributed by atoms with van der Waals surface area (Å²) in [5.74, 6) is 0.0668. The van der Waals surface area contributed by atoms with Crippen molar-refractivity contribution in [1.29, 1.82) is 0 Å². The highest BCUT2D eigenvalue weighted by atomic mass is 32.1. The number of hydrogen-bond acceptors (Lipinski definition) is 6. The maximum Gasteiger partial charge on any atom is 0.254 e. The van der Waals surface area contributed by atoms with Crippen molar-refractivity contribution in [2.24, 2.45) is 5.92 Å². The van der Waals surface area contributed by atoms with E-state index in [0.29, 0.717) is 28.7 Å². The molecule has 3 amide bonds. The van der Waals surface area contributed by atoms with E-state index in [0.717, 1.165) is 11.3 Å². The summed E-state index contributed by atoms with van der Waals surface area (Å²) in [4.78, 5) is 43.9. The van der Waals surface area contributed by atoms with Gasteiger partial charge in [-0.05, 0) is 49.2 Å². The van der Waals surface area contributed by atoms with Crippen molar-refractivity contribution in [2.75, 3.05) is 30.8 Å². The summed E-state index contributed by atoms with van der Waals surface area (Å²) in [6, 6.07) is 14.3. The van der Waals surface area contributed by atoms with E-state index in [1.165, 1.54) is 16.2 Å². The van der Waals surface area contributed by atoms with Gasteiger partial charge in [0.15, 0.2) is 5.13 Å². The average Bonchev–Trinajstić information content (AvgIpc) is 3.25. The van der Waals surface area contributed by atoms with E-state index in [2.05, 4.69) is 15.6 Å². The lowest BCUT2D eigenvalue weighted by Gasteiger charge is -2.24. The van der Waals surface area contributed by atoms with Crippen LogP contribution in [-0.2, 0) is 16.0 Å². The number of hydrogen-bond donors (Lipinski definition) is 2. The monoisotopic (exact) mass is 494 g/mol. The third-order valence-electron chi connectivity index (χ3n) is 5.02. The maximum atomic E-state index is 13.0. The number of benzene rings is 2. The van der Waals surface area contributed by atoms with Gasteiger partial charge in [-0.2, -0.15) is 0 Å². The van der Waals surface area contributed by atoms with Crippen LogP contribution in [0.3, 0.4) is 0 Å². The van der Waals surface area contributed by atoms with Crippen molar-refractivity contribution in [3.8, 4) is 5.75 Å². The summed E-state index contributed by atoms with van der Waals surface area (Å²) in [6.45, 7) is 6.28. The molecule has 0 unspecified atom stereocenters. The Bertz CT molecular complexity index is 1160. The second-order valence-corrected chi connectivity index (χ2v) is 9.45. The Hall–Kier alpha value is -3.72. The first-order valence-electron chi connectivity index (χ1n) is 11.3. The summed E-state index contributed by atoms with van der Waals surface area (Å²) < 4.78 is 5.14. The Morgan fingerprint density at radius 2 is 1.69 bits per heavy atom. The van der Waals surface area contributed by atoms with Crippen LogP contribution in [0.2, 0.25) is 0 Å². The van der Waals surface area contributed by atoms with Crippen molar-refractivity contribution in [3.05, 3.63) is 70.7 Å². The van der Waals surface area contributed by atoms with E-state index in [9.17, 15) is 14.4 Å². The molecule has 0 fully saturated rings. The number of rotatable bonds is 10. The summed E-state index contributed by atoms with van der Waals surface area (Å²) in [7, 11) is 1.56. The molecule has 9 heteroatoms. The molecule has 0 aliphatic heterocycles. The Morgan fingerprint density at radius 1 is 1.00 bits per heavy atom. The van der Waals surface area contributed by atoms with E-state index in [-0.39, 0.29) is 36.6 Å². The lowest BCUT2D eigenvalue weighted by Crippen LogP contribution is -2.40. The van der Waals surface area contributed by atoms with E-state index in [1.54, 1.807) is 36.8 Å². The number of ether oxygens (including phenoxy) is 1. The number of thiazole rings is 1. The third kappa shape index (κ3) is 7.92. The molecule has 1 aromatic heterocycles. The maximum absolute atomic E-state index is 13.0. The fourth-order valence-electron chi connectivity index (χ4n) is 3.36. The molecular formula is C26H30N4O4S. The molecule has 0 saturated carbocycles. The number of methoxy groups -OCH3 is 1. The molecule has 3 aromatic rings. The van der Waals surface area contributed by atoms with Crippen molar-refractivity contribution in [3.63, 3.8) is 0 Å². The van der Waals surface area contributed by atoms with Crippen LogP contribution in [0.15, 0.2) is 53.9 Å². The number of carbonyl (C=O) groups is 3. The van der Waals surface area contributed by atoms with E-state index < -0.39 is 0 Å². The Labute approximate surface area is 209 Å². The largest absolute Gasteiger partial charge is 0.497 e. The normalized spacial score (nSPS) is 10.7. The van der Waals surface area contributed by atoms with Gasteiger partial charge in [-0.3, -0.25) is 14.4 Å². The second kappa shape index (κ2) is 12.1. The van der Waals surface area contributed by atoms with Gasteiger partial charge in [-0.1, -0.05) is 31.5 Å². The summed E-state index contributed by atoms with van der Waals surface area (Å²) in [5.41, 5.74) is 2.87. The van der Waals surface area contributed by atoms with E-state index in [4.69, 9.17) is 4.74 Å². The highest BCUT2D eigenvalue weighted by Crippen LogP contribution is 2.18. The quantitative estimate of drug-likeness (QED) is 0.436. The summed E-state index contributed by atoms with van der Waals surface area (Å²) in [5, 5.41) is 7.69. The van der Waals surface area contributed by atoms with Gasteiger partial charge in [-0.25, -0.2) is 4.98 Å². The molecule has 0 aliphatic carbocycles. The number of nitrogens with one attached hydrogen (secondary N) is 2. The number of nitrogens with zero attached hydrogens (tertiary/aromatic N) is 2. The van der Waals surface area contributed by atoms with E-state index in [1.807, 2.05) is 45.0 Å². The molecule has 2 N–H and O–H groups in total. The fourth-order valence-corrected chi connectivity index (χ4v) is 4.09. The smallest absolute Gasteiger partial charge is 0.254 e. The van der Waals surface area contributed by atoms with Gasteiger partial charge in [0.25, 0.3) is 5.91 Å². The summed E-state index contributed by atoms with van der Waals surface area (Å²) >= 11 is 1.24. The average molecular weight is 495 g/mol. The molecule has 0 radical (unpaired) electrons. The first-order chi connectivity index (χ1) is 16.7. The standard InChI is InChI=1S/C26H30N4O4S/c1-17(2)14-30(25(33)19-7-11-22(34-4)12-8-19)15-24(32)29-26-28-21(16-35-26)13-23(31)27-20-9-5-18(3)6-10-20/h5-12,16-17H,13-15H2,1-4H3,(H,27,31)(H,28,29,32). The minimum atomic E-state index is -0.350. The molecule has 35 heavy (non-hydrogen) atoms. The molecule has 1 heterocycles. The van der Waals surface area contributed by atoms with Gasteiger partial charge in [0, 0.05) is 23.2 Å². The Kier molecular flexibility index (Phi) is 8.97. The van der Waals surface area contributed by atoms with Crippen LogP contribution in [0, 0.1) is 12.8 Å². The van der Waals surface area contributed by atoms with Crippen LogP contribution in [-0.4, -0.2) is 47.8 Å². The molecule has 0 spiro atoms. The van der Waals surface area contributed by atoms with Gasteiger partial charge >= 0.3 is 0 Å². The topological polar surface area (TPSA) is 101 Å². The Balaban J connectivity index is 1.57. The zero-order chi connectivity index (χ0) is 25.4. The van der Waals surface area contributed by atoms with Crippen LogP contribution in [0.1, 0.15) is 35.5 Å². The van der Waals surface area contributed by atoms with Crippen LogP contribution in [0.4, 0.5) is 10.8 Å². The number of aryl methyl sites for hydroxylation is 1. The fraction of sp³-hybridized carbons (Fsp3) is 0.308. The van der Waals surface area contributed by atoms with Gasteiger partial charge in [0.2, 0.25) is 11.8 Å². The number of anilines is 2. The zero-order valence-electron chi connectivity index (χ0n) is 20.3. The molecule has 0 saturated heterocycles.